The van der Waals surface area contributed by atoms with Gasteiger partial charge in [0.05, 0.1) is 37.9 Å². The molecule has 10 heteroatoms. The first kappa shape index (κ1) is 31.5. The van der Waals surface area contributed by atoms with Crippen LogP contribution in [0.3, 0.4) is 0 Å². The van der Waals surface area contributed by atoms with Gasteiger partial charge in [0.1, 0.15) is 12.2 Å². The van der Waals surface area contributed by atoms with Gasteiger partial charge in [-0.25, -0.2) is 0 Å². The zero-order chi connectivity index (χ0) is 33.1. The quantitative estimate of drug-likeness (QED) is 0.268. The van der Waals surface area contributed by atoms with Crippen molar-refractivity contribution in [3.05, 3.63) is 47.0 Å². The minimum Gasteiger partial charge on any atom is -0.472 e. The maximum atomic E-state index is 15.3. The minimum atomic E-state index is -2.47. The second-order valence-corrected chi connectivity index (χ2v) is 14.7. The maximum absolute atomic E-state index is 15.3. The Bertz CT molecular complexity index is 1600. The Morgan fingerprint density at radius 3 is 2.40 bits per heavy atom. The number of fused-ring (bicyclic) bond motifs is 4. The lowest BCUT2D eigenvalue weighted by molar-refractivity contribution is -0.266. The number of Topliss-reactive ketones (excluding diaryl/α,β-unsaturated/α-hetero) is 2. The summed E-state index contributed by atoms with van der Waals surface area (Å²) >= 11 is 0. The number of cyclic esters (lactones) is 1. The van der Waals surface area contributed by atoms with Crippen LogP contribution in [-0.2, 0) is 38.2 Å². The molecular formula is C35H42O10. The number of furan rings is 1. The van der Waals surface area contributed by atoms with E-state index in [1.54, 1.807) is 26.0 Å². The predicted molar refractivity (Wildman–Crippen MR) is 158 cm³/mol. The lowest BCUT2D eigenvalue weighted by atomic mass is 9.33. The second-order valence-electron chi connectivity index (χ2n) is 14.7. The van der Waals surface area contributed by atoms with E-state index in [1.807, 2.05) is 27.7 Å². The largest absolute Gasteiger partial charge is 0.472 e. The van der Waals surface area contributed by atoms with Crippen molar-refractivity contribution < 1.29 is 47.7 Å². The van der Waals surface area contributed by atoms with Crippen LogP contribution in [0.2, 0.25) is 0 Å². The SMILES string of the molecule is C/C=C(\C)C(=O)[C@@]12C[C@@]3(C)[C@H](OC(C)=O)[C@]1(O)C(=O)C1=C4CC(=O)O[C@@H](c5ccoc5)[C@]4(C)CC[C@@H]1[C@]2(C)[C@@]3(C)CC(=O)OC. The van der Waals surface area contributed by atoms with Gasteiger partial charge in [-0.3, -0.25) is 24.0 Å². The Balaban J connectivity index is 1.72. The molecule has 0 radical (unpaired) electrons. The van der Waals surface area contributed by atoms with Crippen LogP contribution in [0.15, 0.2) is 45.8 Å². The minimum absolute atomic E-state index is 0.0181. The van der Waals surface area contributed by atoms with E-state index >= 15 is 4.79 Å². The second kappa shape index (κ2) is 9.50. The molecule has 9 atom stereocenters. The van der Waals surface area contributed by atoms with Crippen molar-refractivity contribution in [3.8, 4) is 0 Å². The highest BCUT2D eigenvalue weighted by Crippen LogP contribution is 2.88. The van der Waals surface area contributed by atoms with Crippen molar-refractivity contribution in [1.82, 2.24) is 0 Å². The number of ketones is 2. The molecule has 0 amide bonds. The number of allylic oxidation sites excluding steroid dienone is 2. The fraction of sp³-hybridized carbons (Fsp3) is 0.629. The molecule has 5 aliphatic rings. The van der Waals surface area contributed by atoms with Gasteiger partial charge < -0.3 is 23.7 Å². The fourth-order valence-corrected chi connectivity index (χ4v) is 10.9. The highest BCUT2D eigenvalue weighted by atomic mass is 16.6. The summed E-state index contributed by atoms with van der Waals surface area (Å²) in [4.78, 5) is 69.4. The van der Waals surface area contributed by atoms with E-state index in [0.29, 0.717) is 29.6 Å². The number of rotatable bonds is 6. The van der Waals surface area contributed by atoms with Gasteiger partial charge >= 0.3 is 17.9 Å². The molecule has 1 aromatic heterocycles. The highest BCUT2D eigenvalue weighted by Gasteiger charge is 2.94. The molecule has 1 saturated heterocycles. The first-order valence-corrected chi connectivity index (χ1v) is 15.6. The third-order valence-corrected chi connectivity index (χ3v) is 13.3. The molecule has 4 fully saturated rings. The van der Waals surface area contributed by atoms with Gasteiger partial charge in [0.15, 0.2) is 17.2 Å². The standard InChI is InChI=1S/C35H42O10/c1-9-18(2)26(39)34-17-31(5)29(44-19(3)36)35(34,41)27(40)25-21(33(34,7)32(31,6)15-24(38)42-8)10-12-30(4)22(25)14-23(37)45-28(30)20-11-13-43-16-20/h9,11,13,16,21,28-29,41H,10,12,14-15,17H2,1-8H3/b18-9+/t21-,28-,29-,30+,31-,32-,33+,34+,35+/m0/s1. The number of methoxy groups -OCH3 is 1. The van der Waals surface area contributed by atoms with E-state index in [9.17, 15) is 24.3 Å². The lowest BCUT2D eigenvalue weighted by Crippen LogP contribution is -2.79. The molecule has 0 aromatic carbocycles. The van der Waals surface area contributed by atoms with Crippen molar-refractivity contribution in [2.45, 2.75) is 98.4 Å². The van der Waals surface area contributed by atoms with Crippen LogP contribution in [0.5, 0.6) is 0 Å². The van der Waals surface area contributed by atoms with Crippen LogP contribution in [-0.4, -0.2) is 53.4 Å². The van der Waals surface area contributed by atoms with E-state index < -0.39 is 80.3 Å². The van der Waals surface area contributed by atoms with Crippen LogP contribution in [0, 0.1) is 33.0 Å². The molecule has 0 spiro atoms. The molecule has 0 unspecified atom stereocenters. The van der Waals surface area contributed by atoms with E-state index in [-0.39, 0.29) is 24.8 Å². The van der Waals surface area contributed by atoms with Gasteiger partial charge in [-0.2, -0.15) is 0 Å². The molecule has 2 heterocycles. The van der Waals surface area contributed by atoms with Crippen LogP contribution < -0.4 is 0 Å². The zero-order valence-electron chi connectivity index (χ0n) is 27.2. The summed E-state index contributed by atoms with van der Waals surface area (Å²) in [6.07, 6.45) is 3.11. The van der Waals surface area contributed by atoms with Gasteiger partial charge in [0.2, 0.25) is 0 Å². The van der Waals surface area contributed by atoms with E-state index in [2.05, 4.69) is 0 Å². The summed E-state index contributed by atoms with van der Waals surface area (Å²) < 4.78 is 22.3. The van der Waals surface area contributed by atoms with Gasteiger partial charge in [-0.15, -0.1) is 0 Å². The molecule has 45 heavy (non-hydrogen) atoms. The lowest BCUT2D eigenvalue weighted by Gasteiger charge is -2.70. The number of esters is 3. The Kier molecular flexibility index (Phi) is 6.64. The summed E-state index contributed by atoms with van der Waals surface area (Å²) in [7, 11) is 1.29. The summed E-state index contributed by atoms with van der Waals surface area (Å²) in [5.74, 6) is -3.47. The smallest absolute Gasteiger partial charge is 0.310 e. The monoisotopic (exact) mass is 622 g/mol. The van der Waals surface area contributed by atoms with Gasteiger partial charge in [0, 0.05) is 28.9 Å². The molecular weight excluding hydrogens is 580 g/mol. The average Bonchev–Trinajstić information content (AvgIpc) is 3.63. The summed E-state index contributed by atoms with van der Waals surface area (Å²) in [6, 6.07) is 1.72. The van der Waals surface area contributed by atoms with Crippen LogP contribution in [0.4, 0.5) is 0 Å². The van der Waals surface area contributed by atoms with Gasteiger partial charge in [0.25, 0.3) is 0 Å². The summed E-state index contributed by atoms with van der Waals surface area (Å²) in [5, 5.41) is 13.2. The van der Waals surface area contributed by atoms with Crippen molar-refractivity contribution >= 4 is 29.5 Å². The molecule has 2 bridgehead atoms. The predicted octanol–water partition coefficient (Wildman–Crippen LogP) is 4.75. The van der Waals surface area contributed by atoms with Crippen LogP contribution in [0.1, 0.15) is 92.2 Å². The van der Waals surface area contributed by atoms with Gasteiger partial charge in [-0.1, -0.05) is 33.8 Å². The number of ether oxygens (including phenoxy) is 3. The van der Waals surface area contributed by atoms with Crippen molar-refractivity contribution in [1.29, 1.82) is 0 Å². The van der Waals surface area contributed by atoms with Crippen molar-refractivity contribution in [2.24, 2.45) is 33.0 Å². The van der Waals surface area contributed by atoms with Gasteiger partial charge in [-0.05, 0) is 67.1 Å². The van der Waals surface area contributed by atoms with Crippen molar-refractivity contribution in [3.63, 3.8) is 0 Å². The van der Waals surface area contributed by atoms with Crippen LogP contribution in [0.25, 0.3) is 0 Å². The first-order chi connectivity index (χ1) is 21.0. The average molecular weight is 623 g/mol. The summed E-state index contributed by atoms with van der Waals surface area (Å²) in [5.41, 5.74) is -6.70. The molecule has 3 saturated carbocycles. The first-order valence-electron chi connectivity index (χ1n) is 15.6. The Hall–Kier alpha value is -3.53. The Labute approximate surface area is 262 Å². The number of hydrogen-bond donors (Lipinski definition) is 1. The molecule has 1 aliphatic heterocycles. The molecule has 1 N–H and O–H groups in total. The highest BCUT2D eigenvalue weighted by molar-refractivity contribution is 6.15. The molecule has 1 aromatic rings. The fourth-order valence-electron chi connectivity index (χ4n) is 10.9. The third-order valence-electron chi connectivity index (χ3n) is 13.3. The molecule has 242 valence electrons. The topological polar surface area (TPSA) is 146 Å². The molecule has 10 nitrogen and oxygen atoms in total. The van der Waals surface area contributed by atoms with Crippen molar-refractivity contribution in [2.75, 3.05) is 7.11 Å². The number of aliphatic hydroxyl groups is 1. The molecule has 6 rings (SSSR count). The Morgan fingerprint density at radius 1 is 1.13 bits per heavy atom. The zero-order valence-corrected chi connectivity index (χ0v) is 27.2. The third kappa shape index (κ3) is 3.31. The van der Waals surface area contributed by atoms with Crippen LogP contribution >= 0.6 is 0 Å². The normalized spacial score (nSPS) is 43.4. The molecule has 4 aliphatic carbocycles. The number of hydrogen-bond acceptors (Lipinski definition) is 10. The van der Waals surface area contributed by atoms with E-state index in [4.69, 9.17) is 18.6 Å². The maximum Gasteiger partial charge on any atom is 0.310 e. The number of carbonyl (C=O) groups excluding carboxylic acids is 5. The Morgan fingerprint density at radius 2 is 1.82 bits per heavy atom. The summed E-state index contributed by atoms with van der Waals surface area (Å²) in [6.45, 7) is 12.1. The number of carbonyl (C=O) groups is 5. The van der Waals surface area contributed by atoms with E-state index in [0.717, 1.165) is 0 Å². The van der Waals surface area contributed by atoms with E-state index in [1.165, 1.54) is 26.6 Å².